The van der Waals surface area contributed by atoms with E-state index in [4.69, 9.17) is 4.74 Å². The minimum atomic E-state index is -0.0388. The number of hydrogen-bond acceptors (Lipinski definition) is 4. The monoisotopic (exact) mass is 236 g/mol. The van der Waals surface area contributed by atoms with E-state index in [9.17, 15) is 0 Å². The van der Waals surface area contributed by atoms with Gasteiger partial charge in [0.15, 0.2) is 12.6 Å². The van der Waals surface area contributed by atoms with Crippen molar-refractivity contribution >= 4 is 6.34 Å². The maximum atomic E-state index is 5.42. The Bertz CT molecular complexity index is 304. The quantitative estimate of drug-likeness (QED) is 0.806. The van der Waals surface area contributed by atoms with Crippen LogP contribution in [-0.4, -0.2) is 43.7 Å². The molecule has 2 rings (SSSR count). The van der Waals surface area contributed by atoms with Gasteiger partial charge in [-0.1, -0.05) is 0 Å². The Hall–Kier alpha value is -0.870. The van der Waals surface area contributed by atoms with Crippen LogP contribution in [0.4, 0.5) is 0 Å². The van der Waals surface area contributed by atoms with Crippen LogP contribution in [0.1, 0.15) is 26.7 Å². The third kappa shape index (κ3) is 2.87. The van der Waals surface area contributed by atoms with Crippen LogP contribution in [-0.2, 0) is 4.74 Å². The fourth-order valence-electron chi connectivity index (χ4n) is 2.62. The van der Waals surface area contributed by atoms with Crippen LogP contribution in [0.25, 0.3) is 0 Å². The first-order chi connectivity index (χ1) is 8.22. The van der Waals surface area contributed by atoms with Crippen LogP contribution in [0.15, 0.2) is 16.8 Å². The zero-order valence-electron chi connectivity index (χ0n) is 10.9. The number of ether oxygens (including phenoxy) is 1. The molecule has 0 amide bonds. The van der Waals surface area contributed by atoms with E-state index >= 15 is 0 Å². The average molecular weight is 236 g/mol. The lowest BCUT2D eigenvalue weighted by atomic mass is 9.88. The highest BCUT2D eigenvalue weighted by molar-refractivity contribution is 5.58. The second kappa shape index (κ2) is 5.65. The molecule has 0 spiro atoms. The van der Waals surface area contributed by atoms with Crippen molar-refractivity contribution in [3.8, 4) is 0 Å². The molecule has 17 heavy (non-hydrogen) atoms. The molecule has 0 bridgehead atoms. The van der Waals surface area contributed by atoms with Gasteiger partial charge >= 0.3 is 0 Å². The molecule has 95 valence electrons. The van der Waals surface area contributed by atoms with Gasteiger partial charge in [0.05, 0.1) is 0 Å². The van der Waals surface area contributed by atoms with E-state index in [-0.39, 0.29) is 6.23 Å². The Labute approximate surface area is 104 Å². The van der Waals surface area contributed by atoms with Crippen molar-refractivity contribution in [2.75, 3.05) is 20.2 Å². The van der Waals surface area contributed by atoms with Gasteiger partial charge in [0.2, 0.25) is 0 Å². The molecule has 0 aromatic carbocycles. The molecular formula is C13H22N3O. The highest BCUT2D eigenvalue weighted by Gasteiger charge is 2.28. The van der Waals surface area contributed by atoms with Crippen LogP contribution in [0.5, 0.6) is 0 Å². The number of rotatable bonds is 3. The number of nitrogens with one attached hydrogen (secondary N) is 1. The number of piperidine rings is 1. The van der Waals surface area contributed by atoms with Gasteiger partial charge in [-0.2, -0.15) is 0 Å². The summed E-state index contributed by atoms with van der Waals surface area (Å²) in [4.78, 5) is 6.60. The van der Waals surface area contributed by atoms with E-state index in [0.29, 0.717) is 12.0 Å². The summed E-state index contributed by atoms with van der Waals surface area (Å²) < 4.78 is 5.42. The SMILES string of the molecule is COC1N[C]=NC=C1C1CCN(C(C)C)CC1. The van der Waals surface area contributed by atoms with Gasteiger partial charge in [0, 0.05) is 24.9 Å². The first-order valence-corrected chi connectivity index (χ1v) is 6.39. The zero-order chi connectivity index (χ0) is 12.3. The molecule has 2 aliphatic heterocycles. The van der Waals surface area contributed by atoms with Crippen LogP contribution in [0.2, 0.25) is 0 Å². The van der Waals surface area contributed by atoms with Crippen LogP contribution in [0, 0.1) is 5.92 Å². The van der Waals surface area contributed by atoms with Gasteiger partial charge in [-0.15, -0.1) is 0 Å². The van der Waals surface area contributed by atoms with Gasteiger partial charge < -0.3 is 15.0 Å². The average Bonchev–Trinajstić information content (AvgIpc) is 2.39. The first-order valence-electron chi connectivity index (χ1n) is 6.39. The van der Waals surface area contributed by atoms with Gasteiger partial charge in [-0.3, -0.25) is 0 Å². The third-order valence-electron chi connectivity index (χ3n) is 3.74. The summed E-state index contributed by atoms with van der Waals surface area (Å²) in [6.07, 6.45) is 7.01. The van der Waals surface area contributed by atoms with Crippen molar-refractivity contribution in [3.05, 3.63) is 11.8 Å². The predicted molar refractivity (Wildman–Crippen MR) is 68.9 cm³/mol. The van der Waals surface area contributed by atoms with Gasteiger partial charge in [0.1, 0.15) is 0 Å². The van der Waals surface area contributed by atoms with Gasteiger partial charge in [0.25, 0.3) is 0 Å². The van der Waals surface area contributed by atoms with Crippen molar-refractivity contribution in [2.45, 2.75) is 39.0 Å². The highest BCUT2D eigenvalue weighted by atomic mass is 16.5. The number of hydrogen-bond donors (Lipinski definition) is 1. The van der Waals surface area contributed by atoms with Gasteiger partial charge in [-0.25, -0.2) is 4.99 Å². The molecule has 1 saturated heterocycles. The summed E-state index contributed by atoms with van der Waals surface area (Å²) in [6.45, 7) is 6.87. The molecule has 4 nitrogen and oxygen atoms in total. The molecule has 1 radical (unpaired) electrons. The normalized spacial score (nSPS) is 27.1. The number of nitrogens with zero attached hydrogens (tertiary/aromatic N) is 2. The fourth-order valence-corrected chi connectivity index (χ4v) is 2.62. The molecule has 1 unspecified atom stereocenters. The first kappa shape index (κ1) is 12.6. The lowest BCUT2D eigenvalue weighted by Crippen LogP contribution is -2.42. The second-order valence-electron chi connectivity index (χ2n) is 5.03. The highest BCUT2D eigenvalue weighted by Crippen LogP contribution is 2.28. The summed E-state index contributed by atoms with van der Waals surface area (Å²) in [5.74, 6) is 0.591. The molecule has 0 saturated carbocycles. The fraction of sp³-hybridized carbons (Fsp3) is 0.769. The summed E-state index contributed by atoms with van der Waals surface area (Å²) in [5.41, 5.74) is 1.27. The molecule has 2 heterocycles. The summed E-state index contributed by atoms with van der Waals surface area (Å²) in [6, 6.07) is 0.652. The number of aliphatic imine (C=N–C) groups is 1. The molecule has 0 aromatic rings. The summed E-state index contributed by atoms with van der Waals surface area (Å²) >= 11 is 0. The van der Waals surface area contributed by atoms with Crippen LogP contribution in [0.3, 0.4) is 0 Å². The Morgan fingerprint density at radius 3 is 2.76 bits per heavy atom. The van der Waals surface area contributed by atoms with E-state index in [1.807, 2.05) is 6.20 Å². The topological polar surface area (TPSA) is 36.9 Å². The van der Waals surface area contributed by atoms with Crippen molar-refractivity contribution in [1.29, 1.82) is 0 Å². The molecule has 2 aliphatic rings. The number of methoxy groups -OCH3 is 1. The van der Waals surface area contributed by atoms with E-state index < -0.39 is 0 Å². The van der Waals surface area contributed by atoms with Crippen molar-refractivity contribution in [1.82, 2.24) is 10.2 Å². The smallest absolute Gasteiger partial charge is 0.171 e. The van der Waals surface area contributed by atoms with E-state index in [2.05, 4.69) is 35.4 Å². The standard InChI is InChI=1S/C13H22N3O/c1-10(2)16-6-4-11(5-7-16)12-8-14-9-15-13(12)17-3/h8,10-11,13H,4-7H2,1-3H3,(H,14,15). The lowest BCUT2D eigenvalue weighted by molar-refractivity contribution is 0.0948. The summed E-state index contributed by atoms with van der Waals surface area (Å²) in [5, 5.41) is 3.03. The van der Waals surface area contributed by atoms with E-state index in [1.54, 1.807) is 7.11 Å². The molecule has 0 aromatic heterocycles. The van der Waals surface area contributed by atoms with Crippen molar-refractivity contribution < 1.29 is 4.74 Å². The third-order valence-corrected chi connectivity index (χ3v) is 3.74. The molecule has 0 aliphatic carbocycles. The molecule has 1 N–H and O–H groups in total. The Morgan fingerprint density at radius 1 is 1.47 bits per heavy atom. The molecule has 1 atom stereocenters. The Kier molecular flexibility index (Phi) is 4.18. The Morgan fingerprint density at radius 2 is 2.18 bits per heavy atom. The van der Waals surface area contributed by atoms with Crippen LogP contribution >= 0.6 is 0 Å². The largest absolute Gasteiger partial charge is 0.358 e. The van der Waals surface area contributed by atoms with Crippen LogP contribution < -0.4 is 5.32 Å². The zero-order valence-corrected chi connectivity index (χ0v) is 10.9. The number of likely N-dealkylation sites (tertiary alicyclic amines) is 1. The minimum absolute atomic E-state index is 0.0388. The maximum Gasteiger partial charge on any atom is 0.171 e. The van der Waals surface area contributed by atoms with Crippen molar-refractivity contribution in [3.63, 3.8) is 0 Å². The molecule has 1 fully saturated rings. The lowest BCUT2D eigenvalue weighted by Gasteiger charge is -2.37. The Balaban J connectivity index is 1.95. The molecular weight excluding hydrogens is 214 g/mol. The second-order valence-corrected chi connectivity index (χ2v) is 5.03. The predicted octanol–water partition coefficient (Wildman–Crippen LogP) is 1.47. The van der Waals surface area contributed by atoms with Gasteiger partial charge in [-0.05, 0) is 45.7 Å². The van der Waals surface area contributed by atoms with E-state index in [0.717, 1.165) is 0 Å². The molecule has 4 heteroatoms. The van der Waals surface area contributed by atoms with Crippen molar-refractivity contribution in [2.24, 2.45) is 10.9 Å². The maximum absolute atomic E-state index is 5.42. The minimum Gasteiger partial charge on any atom is -0.358 e. The summed E-state index contributed by atoms with van der Waals surface area (Å²) in [7, 11) is 1.72. The van der Waals surface area contributed by atoms with E-state index in [1.165, 1.54) is 31.5 Å².